The molecule has 1 saturated heterocycles. The number of carbonyl (C=O) groups is 3. The summed E-state index contributed by atoms with van der Waals surface area (Å²) in [6, 6.07) is 16.6. The minimum Gasteiger partial charge on any atom is -0.507 e. The van der Waals surface area contributed by atoms with Crippen LogP contribution in [-0.4, -0.2) is 27.6 Å². The average molecular weight is 492 g/mol. The van der Waals surface area contributed by atoms with E-state index in [9.17, 15) is 29.6 Å². The lowest BCUT2D eigenvalue weighted by atomic mass is 9.95. The number of amides is 2. The molecule has 1 heterocycles. The number of non-ortho nitro benzene ring substituents is 1. The van der Waals surface area contributed by atoms with Gasteiger partial charge in [0, 0.05) is 41.0 Å². The fraction of sp³-hybridized carbons (Fsp3) is 0.0800. The van der Waals surface area contributed by atoms with Gasteiger partial charge in [0.25, 0.3) is 17.4 Å². The number of rotatable bonds is 5. The van der Waals surface area contributed by atoms with Crippen LogP contribution in [0.5, 0.6) is 0 Å². The van der Waals surface area contributed by atoms with Crippen molar-refractivity contribution in [1.29, 1.82) is 0 Å². The van der Waals surface area contributed by atoms with Gasteiger partial charge in [-0.15, -0.1) is 0 Å². The van der Waals surface area contributed by atoms with Crippen molar-refractivity contribution in [1.82, 2.24) is 0 Å². The van der Waals surface area contributed by atoms with E-state index in [2.05, 4.69) is 5.32 Å². The predicted octanol–water partition coefficient (Wildman–Crippen LogP) is 4.83. The Balaban J connectivity index is 1.90. The summed E-state index contributed by atoms with van der Waals surface area (Å²) in [5.41, 5.74) is 0.840. The molecule has 0 radical (unpaired) electrons. The highest BCUT2D eigenvalue weighted by Gasteiger charge is 2.47. The minimum atomic E-state index is -1.14. The summed E-state index contributed by atoms with van der Waals surface area (Å²) >= 11 is 5.93. The number of hydrogen-bond donors (Lipinski definition) is 2. The van der Waals surface area contributed by atoms with Crippen LogP contribution in [0.15, 0.2) is 78.4 Å². The van der Waals surface area contributed by atoms with Gasteiger partial charge in [-0.1, -0.05) is 23.7 Å². The van der Waals surface area contributed by atoms with E-state index in [1.165, 1.54) is 72.5 Å². The third-order valence-electron chi connectivity index (χ3n) is 5.42. The average Bonchev–Trinajstić information content (AvgIpc) is 3.10. The molecule has 3 aromatic rings. The summed E-state index contributed by atoms with van der Waals surface area (Å²) in [6.45, 7) is 1.35. The van der Waals surface area contributed by atoms with Gasteiger partial charge < -0.3 is 10.4 Å². The third-order valence-corrected chi connectivity index (χ3v) is 5.68. The Morgan fingerprint density at radius 2 is 1.71 bits per heavy atom. The lowest BCUT2D eigenvalue weighted by Crippen LogP contribution is -2.29. The van der Waals surface area contributed by atoms with Crippen LogP contribution in [0.1, 0.15) is 24.1 Å². The van der Waals surface area contributed by atoms with Crippen molar-refractivity contribution in [2.45, 2.75) is 13.0 Å². The number of anilines is 2. The molecule has 10 heteroatoms. The summed E-state index contributed by atoms with van der Waals surface area (Å²) in [5.74, 6) is -2.57. The van der Waals surface area contributed by atoms with Crippen LogP contribution in [0.25, 0.3) is 5.76 Å². The first-order valence-corrected chi connectivity index (χ1v) is 10.7. The zero-order chi connectivity index (χ0) is 25.3. The smallest absolute Gasteiger partial charge is 0.300 e. The molecular formula is C25H18ClN3O6. The molecule has 2 N–H and O–H groups in total. The molecule has 3 aromatic carbocycles. The second-order valence-corrected chi connectivity index (χ2v) is 8.19. The number of aliphatic hydroxyl groups excluding tert-OH is 1. The largest absolute Gasteiger partial charge is 0.507 e. The van der Waals surface area contributed by atoms with Crippen LogP contribution in [0.4, 0.5) is 17.1 Å². The lowest BCUT2D eigenvalue weighted by molar-refractivity contribution is -0.384. The number of halogens is 1. The van der Waals surface area contributed by atoms with Crippen LogP contribution in [0.2, 0.25) is 5.02 Å². The van der Waals surface area contributed by atoms with Crippen molar-refractivity contribution in [3.05, 3.63) is 105 Å². The van der Waals surface area contributed by atoms with Crippen LogP contribution >= 0.6 is 11.6 Å². The highest BCUT2D eigenvalue weighted by Crippen LogP contribution is 2.43. The Morgan fingerprint density at radius 1 is 1.06 bits per heavy atom. The van der Waals surface area contributed by atoms with E-state index in [1.54, 1.807) is 12.1 Å². The van der Waals surface area contributed by atoms with Gasteiger partial charge in [-0.05, 0) is 54.1 Å². The van der Waals surface area contributed by atoms with E-state index in [0.29, 0.717) is 16.4 Å². The molecule has 176 valence electrons. The number of nitro groups is 1. The molecule has 1 atom stereocenters. The van der Waals surface area contributed by atoms with Crippen LogP contribution in [0, 0.1) is 10.1 Å². The SMILES string of the molecule is CC(=O)Nc1ccc(N2C(=O)C(=O)/C(=C(/O)c3ccc(Cl)cc3)C2c2cccc([N+](=O)[O-])c2)cc1. The summed E-state index contributed by atoms with van der Waals surface area (Å²) in [6.07, 6.45) is 0. The Hall–Kier alpha value is -4.50. The maximum Gasteiger partial charge on any atom is 0.300 e. The molecule has 1 unspecified atom stereocenters. The van der Waals surface area contributed by atoms with E-state index < -0.39 is 28.4 Å². The Kier molecular flexibility index (Phi) is 6.35. The zero-order valence-electron chi connectivity index (χ0n) is 18.3. The number of ketones is 1. The molecule has 0 spiro atoms. The Labute approximate surface area is 204 Å². The molecule has 9 nitrogen and oxygen atoms in total. The number of nitro benzene ring substituents is 1. The van der Waals surface area contributed by atoms with E-state index in [0.717, 1.165) is 0 Å². The summed E-state index contributed by atoms with van der Waals surface area (Å²) in [7, 11) is 0. The standard InChI is InChI=1S/C25H18ClN3O6/c1-14(30)27-18-9-11-19(12-10-18)28-22(16-3-2-4-20(13-16)29(34)35)21(24(32)25(28)33)23(31)15-5-7-17(26)8-6-15/h2-13,22,31H,1H3,(H,27,30)/b23-21+. The van der Waals surface area contributed by atoms with E-state index in [-0.39, 0.29) is 28.3 Å². The van der Waals surface area contributed by atoms with Gasteiger partial charge in [0.05, 0.1) is 16.5 Å². The first-order valence-electron chi connectivity index (χ1n) is 10.4. The van der Waals surface area contributed by atoms with E-state index >= 15 is 0 Å². The number of hydrogen-bond acceptors (Lipinski definition) is 6. The maximum atomic E-state index is 13.2. The van der Waals surface area contributed by atoms with Gasteiger partial charge in [0.15, 0.2) is 0 Å². The van der Waals surface area contributed by atoms with Crippen molar-refractivity contribution in [3.8, 4) is 0 Å². The van der Waals surface area contributed by atoms with Gasteiger partial charge in [-0.3, -0.25) is 29.4 Å². The highest BCUT2D eigenvalue weighted by atomic mass is 35.5. The number of carbonyl (C=O) groups excluding carboxylic acids is 3. The molecule has 0 aliphatic carbocycles. The molecule has 35 heavy (non-hydrogen) atoms. The summed E-state index contributed by atoms with van der Waals surface area (Å²) in [4.78, 5) is 49.6. The number of nitrogens with zero attached hydrogens (tertiary/aromatic N) is 2. The van der Waals surface area contributed by atoms with Gasteiger partial charge in [-0.25, -0.2) is 0 Å². The second-order valence-electron chi connectivity index (χ2n) is 7.76. The van der Waals surface area contributed by atoms with Crippen molar-refractivity contribution in [2.75, 3.05) is 10.2 Å². The molecular weight excluding hydrogens is 474 g/mol. The third kappa shape index (κ3) is 4.62. The quantitative estimate of drug-likeness (QED) is 0.173. The van der Waals surface area contributed by atoms with Crippen LogP contribution in [-0.2, 0) is 14.4 Å². The molecule has 1 fully saturated rings. The summed E-state index contributed by atoms with van der Waals surface area (Å²) < 4.78 is 0. The Bertz CT molecular complexity index is 1380. The highest BCUT2D eigenvalue weighted by molar-refractivity contribution is 6.51. The van der Waals surface area contributed by atoms with Crippen molar-refractivity contribution < 1.29 is 24.4 Å². The maximum absolute atomic E-state index is 13.2. The fourth-order valence-corrected chi connectivity index (χ4v) is 4.02. The number of aliphatic hydroxyl groups is 1. The van der Waals surface area contributed by atoms with E-state index in [4.69, 9.17) is 11.6 Å². The minimum absolute atomic E-state index is 0.219. The van der Waals surface area contributed by atoms with Gasteiger partial charge in [0.2, 0.25) is 5.91 Å². The normalized spacial score (nSPS) is 16.9. The first-order chi connectivity index (χ1) is 16.7. The lowest BCUT2D eigenvalue weighted by Gasteiger charge is -2.25. The van der Waals surface area contributed by atoms with Crippen LogP contribution < -0.4 is 10.2 Å². The first kappa shape index (κ1) is 23.7. The van der Waals surface area contributed by atoms with Gasteiger partial charge >= 0.3 is 0 Å². The molecule has 0 aromatic heterocycles. The second kappa shape index (κ2) is 9.40. The number of nitrogens with one attached hydrogen (secondary N) is 1. The zero-order valence-corrected chi connectivity index (χ0v) is 19.0. The molecule has 1 aliphatic rings. The predicted molar refractivity (Wildman–Crippen MR) is 130 cm³/mol. The van der Waals surface area contributed by atoms with Crippen LogP contribution in [0.3, 0.4) is 0 Å². The summed E-state index contributed by atoms with van der Waals surface area (Å²) in [5, 5.41) is 25.5. The molecule has 0 saturated carbocycles. The molecule has 0 bridgehead atoms. The fourth-order valence-electron chi connectivity index (χ4n) is 3.89. The molecule has 4 rings (SSSR count). The van der Waals surface area contributed by atoms with Crippen molar-refractivity contribution in [3.63, 3.8) is 0 Å². The topological polar surface area (TPSA) is 130 Å². The van der Waals surface area contributed by atoms with E-state index in [1.807, 2.05) is 0 Å². The number of benzene rings is 3. The molecule has 2 amide bonds. The molecule has 1 aliphatic heterocycles. The van der Waals surface area contributed by atoms with Crippen molar-refractivity contribution >= 4 is 52.0 Å². The monoisotopic (exact) mass is 491 g/mol. The number of Topliss-reactive ketones (excluding diaryl/α,β-unsaturated/α-hetero) is 1. The van der Waals surface area contributed by atoms with Gasteiger partial charge in [-0.2, -0.15) is 0 Å². The van der Waals surface area contributed by atoms with Gasteiger partial charge in [0.1, 0.15) is 5.76 Å². The Morgan fingerprint density at radius 3 is 2.31 bits per heavy atom. The van der Waals surface area contributed by atoms with Crippen molar-refractivity contribution in [2.24, 2.45) is 0 Å².